The van der Waals surface area contributed by atoms with E-state index in [2.05, 4.69) is 24.0 Å². The molecule has 0 bridgehead atoms. The molecule has 0 saturated heterocycles. The second-order valence-corrected chi connectivity index (χ2v) is 7.54. The van der Waals surface area contributed by atoms with Crippen molar-refractivity contribution in [1.82, 2.24) is 0 Å². The first-order valence-corrected chi connectivity index (χ1v) is 10.2. The molecule has 3 rings (SSSR count). The predicted octanol–water partition coefficient (Wildman–Crippen LogP) is 7.34. The van der Waals surface area contributed by atoms with Gasteiger partial charge in [-0.2, -0.15) is 0 Å². The maximum absolute atomic E-state index is 6.50. The number of ether oxygens (including phenoxy) is 2. The molecule has 150 valence electrons. The van der Waals surface area contributed by atoms with Crippen molar-refractivity contribution in [3.63, 3.8) is 0 Å². The molecule has 0 spiro atoms. The van der Waals surface area contributed by atoms with Gasteiger partial charge in [-0.3, -0.25) is 4.99 Å². The summed E-state index contributed by atoms with van der Waals surface area (Å²) in [5, 5.41) is 1.17. The van der Waals surface area contributed by atoms with Crippen LogP contribution in [0.4, 0.5) is 5.69 Å². The lowest BCUT2D eigenvalue weighted by Crippen LogP contribution is -2.01. The first-order valence-electron chi connectivity index (χ1n) is 9.41. The number of benzene rings is 3. The van der Waals surface area contributed by atoms with Crippen molar-refractivity contribution in [1.29, 1.82) is 0 Å². The number of hydrogen-bond donors (Lipinski definition) is 0. The molecule has 0 fully saturated rings. The maximum Gasteiger partial charge on any atom is 0.180 e. The van der Waals surface area contributed by atoms with Crippen LogP contribution in [0.1, 0.15) is 29.2 Å². The minimum atomic E-state index is 0.412. The van der Waals surface area contributed by atoms with Gasteiger partial charge in [0.1, 0.15) is 6.61 Å². The fraction of sp³-hybridized carbons (Fsp3) is 0.208. The zero-order valence-electron chi connectivity index (χ0n) is 16.7. The van der Waals surface area contributed by atoms with Gasteiger partial charge in [0.25, 0.3) is 0 Å². The van der Waals surface area contributed by atoms with E-state index in [1.54, 1.807) is 6.21 Å². The van der Waals surface area contributed by atoms with Crippen LogP contribution in [-0.4, -0.2) is 12.8 Å². The lowest BCUT2D eigenvalue weighted by molar-refractivity contribution is 0.269. The van der Waals surface area contributed by atoms with E-state index < -0.39 is 0 Å². The van der Waals surface area contributed by atoms with E-state index in [0.29, 0.717) is 34.8 Å². The molecule has 3 aromatic rings. The van der Waals surface area contributed by atoms with Gasteiger partial charge in [0.05, 0.1) is 17.3 Å². The summed E-state index contributed by atoms with van der Waals surface area (Å²) in [6, 6.07) is 17.6. The molecular weight excluding hydrogens is 405 g/mol. The van der Waals surface area contributed by atoms with Crippen molar-refractivity contribution < 1.29 is 9.47 Å². The van der Waals surface area contributed by atoms with Gasteiger partial charge >= 0.3 is 0 Å². The standard InChI is InChI=1S/C24H23Cl2NO2/c1-4-28-23-12-19(14-27-20-10-7-17(3)21(25)13-20)11-22(26)24(23)29-15-18-8-5-16(2)6-9-18/h5-14H,4,15H2,1-3H3. The summed E-state index contributed by atoms with van der Waals surface area (Å²) in [4.78, 5) is 4.49. The van der Waals surface area contributed by atoms with E-state index in [4.69, 9.17) is 32.7 Å². The molecule has 0 atom stereocenters. The molecule has 3 nitrogen and oxygen atoms in total. The third-order valence-electron chi connectivity index (χ3n) is 4.35. The van der Waals surface area contributed by atoms with E-state index in [-0.39, 0.29) is 0 Å². The highest BCUT2D eigenvalue weighted by Crippen LogP contribution is 2.37. The number of nitrogens with zero attached hydrogens (tertiary/aromatic N) is 1. The van der Waals surface area contributed by atoms with Crippen molar-refractivity contribution in [2.45, 2.75) is 27.4 Å². The van der Waals surface area contributed by atoms with Crippen LogP contribution in [0.5, 0.6) is 11.5 Å². The van der Waals surface area contributed by atoms with E-state index in [1.807, 2.05) is 56.3 Å². The smallest absolute Gasteiger partial charge is 0.180 e. The van der Waals surface area contributed by atoms with Crippen molar-refractivity contribution in [2.24, 2.45) is 4.99 Å². The Hall–Kier alpha value is -2.49. The minimum Gasteiger partial charge on any atom is -0.490 e. The lowest BCUT2D eigenvalue weighted by Gasteiger charge is -2.14. The maximum atomic E-state index is 6.50. The molecule has 0 aliphatic rings. The van der Waals surface area contributed by atoms with Gasteiger partial charge in [-0.15, -0.1) is 0 Å². The average molecular weight is 428 g/mol. The molecule has 0 heterocycles. The summed E-state index contributed by atoms with van der Waals surface area (Å²) in [7, 11) is 0. The lowest BCUT2D eigenvalue weighted by atomic mass is 10.1. The van der Waals surface area contributed by atoms with Gasteiger partial charge in [0, 0.05) is 11.2 Å². The number of halogens is 2. The number of rotatable bonds is 7. The van der Waals surface area contributed by atoms with Gasteiger partial charge in [-0.25, -0.2) is 0 Å². The minimum absolute atomic E-state index is 0.412. The van der Waals surface area contributed by atoms with Crippen LogP contribution in [-0.2, 0) is 6.61 Å². The molecule has 5 heteroatoms. The van der Waals surface area contributed by atoms with E-state index in [9.17, 15) is 0 Å². The molecule has 0 saturated carbocycles. The number of aryl methyl sites for hydroxylation is 2. The van der Waals surface area contributed by atoms with Crippen LogP contribution in [0.2, 0.25) is 10.0 Å². The Bertz CT molecular complexity index is 1010. The molecule has 0 aliphatic heterocycles. The van der Waals surface area contributed by atoms with Crippen LogP contribution in [0.25, 0.3) is 0 Å². The summed E-state index contributed by atoms with van der Waals surface area (Å²) >= 11 is 12.7. The zero-order chi connectivity index (χ0) is 20.8. The molecule has 3 aromatic carbocycles. The van der Waals surface area contributed by atoms with Crippen LogP contribution < -0.4 is 9.47 Å². The quantitative estimate of drug-likeness (QED) is 0.369. The first kappa shape index (κ1) is 21.2. The number of hydrogen-bond acceptors (Lipinski definition) is 3. The SMILES string of the molecule is CCOc1cc(C=Nc2ccc(C)c(Cl)c2)cc(Cl)c1OCc1ccc(C)cc1. The fourth-order valence-corrected chi connectivity index (χ4v) is 3.16. The van der Waals surface area contributed by atoms with Crippen LogP contribution >= 0.6 is 23.2 Å². The summed E-state index contributed by atoms with van der Waals surface area (Å²) in [5.74, 6) is 1.13. The van der Waals surface area contributed by atoms with E-state index in [0.717, 1.165) is 22.4 Å². The molecule has 0 aromatic heterocycles. The van der Waals surface area contributed by atoms with Crippen molar-refractivity contribution in [3.8, 4) is 11.5 Å². The Labute approximate surface area is 181 Å². The summed E-state index contributed by atoms with van der Waals surface area (Å²) in [5.41, 5.74) is 4.88. The second kappa shape index (κ2) is 9.82. The Morgan fingerprint density at radius 3 is 2.34 bits per heavy atom. The normalized spacial score (nSPS) is 11.1. The fourth-order valence-electron chi connectivity index (χ4n) is 2.72. The Balaban J connectivity index is 1.82. The van der Waals surface area contributed by atoms with Crippen molar-refractivity contribution >= 4 is 35.1 Å². The third-order valence-corrected chi connectivity index (χ3v) is 5.04. The Morgan fingerprint density at radius 1 is 0.897 bits per heavy atom. The van der Waals surface area contributed by atoms with Gasteiger partial charge in [0.15, 0.2) is 11.5 Å². The third kappa shape index (κ3) is 5.75. The summed E-state index contributed by atoms with van der Waals surface area (Å²) in [6.45, 7) is 6.85. The number of aliphatic imine (C=N–C) groups is 1. The molecule has 0 amide bonds. The highest BCUT2D eigenvalue weighted by molar-refractivity contribution is 6.32. The second-order valence-electron chi connectivity index (χ2n) is 6.73. The van der Waals surface area contributed by atoms with Gasteiger partial charge in [-0.1, -0.05) is 59.1 Å². The molecular formula is C24H23Cl2NO2. The highest BCUT2D eigenvalue weighted by Gasteiger charge is 2.12. The van der Waals surface area contributed by atoms with Crippen LogP contribution in [0.15, 0.2) is 59.6 Å². The topological polar surface area (TPSA) is 30.8 Å². The largest absolute Gasteiger partial charge is 0.490 e. The van der Waals surface area contributed by atoms with Crippen LogP contribution in [0, 0.1) is 13.8 Å². The zero-order valence-corrected chi connectivity index (χ0v) is 18.2. The van der Waals surface area contributed by atoms with E-state index >= 15 is 0 Å². The Morgan fingerprint density at radius 2 is 1.66 bits per heavy atom. The monoisotopic (exact) mass is 427 g/mol. The summed E-state index contributed by atoms with van der Waals surface area (Å²) < 4.78 is 11.7. The molecule has 29 heavy (non-hydrogen) atoms. The van der Waals surface area contributed by atoms with Gasteiger partial charge in [-0.05, 0) is 61.7 Å². The Kier molecular flexibility index (Phi) is 7.18. The van der Waals surface area contributed by atoms with Gasteiger partial charge in [0.2, 0.25) is 0 Å². The van der Waals surface area contributed by atoms with Gasteiger partial charge < -0.3 is 9.47 Å². The predicted molar refractivity (Wildman–Crippen MR) is 122 cm³/mol. The molecule has 0 aliphatic carbocycles. The van der Waals surface area contributed by atoms with E-state index in [1.165, 1.54) is 5.56 Å². The van der Waals surface area contributed by atoms with Crippen molar-refractivity contribution in [3.05, 3.63) is 86.9 Å². The first-order chi connectivity index (χ1) is 14.0. The average Bonchev–Trinajstić information content (AvgIpc) is 2.70. The summed E-state index contributed by atoms with van der Waals surface area (Å²) in [6.07, 6.45) is 1.74. The molecule has 0 radical (unpaired) electrons. The molecule has 0 unspecified atom stereocenters. The molecule has 0 N–H and O–H groups in total. The van der Waals surface area contributed by atoms with Crippen molar-refractivity contribution in [2.75, 3.05) is 6.61 Å². The highest BCUT2D eigenvalue weighted by atomic mass is 35.5. The van der Waals surface area contributed by atoms with Crippen LogP contribution in [0.3, 0.4) is 0 Å².